The van der Waals surface area contributed by atoms with E-state index in [2.05, 4.69) is 10.5 Å². The average molecular weight is 460 g/mol. The molecule has 0 aliphatic carbocycles. The van der Waals surface area contributed by atoms with Gasteiger partial charge in [0.2, 0.25) is 0 Å². The third kappa shape index (κ3) is 4.17. The fraction of sp³-hybridized carbons (Fsp3) is 0.0435. The molecule has 11 nitrogen and oxygen atoms in total. The number of hydrazone groups is 1. The van der Waals surface area contributed by atoms with Crippen molar-refractivity contribution in [1.82, 2.24) is 0 Å². The third-order valence-corrected chi connectivity index (χ3v) is 5.07. The lowest BCUT2D eigenvalue weighted by Gasteiger charge is -2.11. The summed E-state index contributed by atoms with van der Waals surface area (Å²) in [5.41, 5.74) is 2.51. The predicted molar refractivity (Wildman–Crippen MR) is 125 cm³/mol. The van der Waals surface area contributed by atoms with Gasteiger partial charge in [0, 0.05) is 17.5 Å². The maximum absolute atomic E-state index is 12.3. The second-order valence-corrected chi connectivity index (χ2v) is 7.21. The quantitative estimate of drug-likeness (QED) is 0.179. The third-order valence-electron chi connectivity index (χ3n) is 5.07. The second kappa shape index (κ2) is 8.82. The molecule has 170 valence electrons. The van der Waals surface area contributed by atoms with Gasteiger partial charge < -0.3 is 9.52 Å². The van der Waals surface area contributed by atoms with Crippen molar-refractivity contribution >= 4 is 33.7 Å². The predicted octanol–water partition coefficient (Wildman–Crippen LogP) is 4.82. The van der Waals surface area contributed by atoms with Crippen LogP contribution in [0.5, 0.6) is 5.75 Å². The number of nitrogens with one attached hydrogen (secondary N) is 1. The van der Waals surface area contributed by atoms with Crippen LogP contribution in [0.2, 0.25) is 0 Å². The standard InChI is InChI=1S/C23H16N4O7/c1-13(24-25-18-9-7-15(26(30)31)11-19(18)27(32)33)22-20(28)10-8-16-17(12-21(29)34-23(16)22)14-5-3-2-4-6-14/h2-12,25,28H,1H3/b24-13-. The first-order valence-electron chi connectivity index (χ1n) is 9.85. The summed E-state index contributed by atoms with van der Waals surface area (Å²) in [6.07, 6.45) is 0. The van der Waals surface area contributed by atoms with E-state index < -0.39 is 26.8 Å². The molecule has 0 saturated heterocycles. The van der Waals surface area contributed by atoms with Crippen LogP contribution < -0.4 is 11.1 Å². The Labute approximate surface area is 190 Å². The maximum Gasteiger partial charge on any atom is 0.336 e. The van der Waals surface area contributed by atoms with Gasteiger partial charge in [-0.15, -0.1) is 0 Å². The first-order chi connectivity index (χ1) is 16.3. The Kier molecular flexibility index (Phi) is 5.75. The van der Waals surface area contributed by atoms with Crippen LogP contribution in [0.15, 0.2) is 81.0 Å². The minimum Gasteiger partial charge on any atom is -0.507 e. The summed E-state index contributed by atoms with van der Waals surface area (Å²) in [6.45, 7) is 1.51. The highest BCUT2D eigenvalue weighted by Gasteiger charge is 2.20. The highest BCUT2D eigenvalue weighted by Crippen LogP contribution is 2.34. The molecule has 0 atom stereocenters. The van der Waals surface area contributed by atoms with Gasteiger partial charge in [0.05, 0.1) is 27.2 Å². The number of fused-ring (bicyclic) bond motifs is 1. The summed E-state index contributed by atoms with van der Waals surface area (Å²) < 4.78 is 5.41. The van der Waals surface area contributed by atoms with Crippen molar-refractivity contribution in [2.45, 2.75) is 6.92 Å². The number of non-ortho nitro benzene ring substituents is 1. The van der Waals surface area contributed by atoms with Gasteiger partial charge in [0.1, 0.15) is 11.4 Å². The molecule has 34 heavy (non-hydrogen) atoms. The van der Waals surface area contributed by atoms with Gasteiger partial charge in [-0.1, -0.05) is 30.3 Å². The van der Waals surface area contributed by atoms with Crippen LogP contribution in [-0.4, -0.2) is 20.7 Å². The van der Waals surface area contributed by atoms with Gasteiger partial charge in [0.15, 0.2) is 5.58 Å². The van der Waals surface area contributed by atoms with Crippen LogP contribution in [0.4, 0.5) is 17.1 Å². The Morgan fingerprint density at radius 2 is 1.74 bits per heavy atom. The fourth-order valence-corrected chi connectivity index (χ4v) is 3.50. The molecule has 4 rings (SSSR count). The molecule has 0 fully saturated rings. The smallest absolute Gasteiger partial charge is 0.336 e. The van der Waals surface area contributed by atoms with Crippen LogP contribution in [0.3, 0.4) is 0 Å². The SMILES string of the molecule is C/C(=N/Nc1ccc([N+](=O)[O-])cc1[N+](=O)[O-])c1c(O)ccc2c(-c3ccccc3)cc(=O)oc12. The molecule has 0 aliphatic rings. The van der Waals surface area contributed by atoms with Crippen molar-refractivity contribution in [2.75, 3.05) is 5.43 Å². The van der Waals surface area contributed by atoms with Crippen molar-refractivity contribution in [3.8, 4) is 16.9 Å². The van der Waals surface area contributed by atoms with E-state index in [0.717, 1.165) is 23.8 Å². The summed E-state index contributed by atoms with van der Waals surface area (Å²) >= 11 is 0. The molecule has 4 aromatic rings. The Hall–Kier alpha value is -5.06. The summed E-state index contributed by atoms with van der Waals surface area (Å²) in [4.78, 5) is 33.1. The Morgan fingerprint density at radius 3 is 2.41 bits per heavy atom. The number of nitro benzene ring substituents is 2. The van der Waals surface area contributed by atoms with E-state index in [1.165, 1.54) is 19.1 Å². The van der Waals surface area contributed by atoms with E-state index in [4.69, 9.17) is 4.42 Å². The molecule has 0 aliphatic heterocycles. The highest BCUT2D eigenvalue weighted by molar-refractivity contribution is 6.12. The topological polar surface area (TPSA) is 161 Å². The van der Waals surface area contributed by atoms with Crippen LogP contribution in [0, 0.1) is 20.2 Å². The maximum atomic E-state index is 12.3. The molecule has 0 bridgehead atoms. The van der Waals surface area contributed by atoms with Gasteiger partial charge >= 0.3 is 11.3 Å². The molecule has 11 heteroatoms. The molecule has 3 aromatic carbocycles. The van der Waals surface area contributed by atoms with Crippen molar-refractivity contribution < 1.29 is 19.4 Å². The Bertz CT molecular complexity index is 1530. The monoisotopic (exact) mass is 460 g/mol. The first kappa shape index (κ1) is 22.1. The number of anilines is 1. The molecule has 2 N–H and O–H groups in total. The average Bonchev–Trinajstić information content (AvgIpc) is 2.82. The van der Waals surface area contributed by atoms with E-state index in [1.807, 2.05) is 30.3 Å². The van der Waals surface area contributed by atoms with Crippen LogP contribution in [0.1, 0.15) is 12.5 Å². The minimum absolute atomic E-state index is 0.0904. The van der Waals surface area contributed by atoms with Crippen LogP contribution in [-0.2, 0) is 0 Å². The second-order valence-electron chi connectivity index (χ2n) is 7.21. The number of benzene rings is 3. The van der Waals surface area contributed by atoms with Gasteiger partial charge in [0.25, 0.3) is 5.69 Å². The summed E-state index contributed by atoms with van der Waals surface area (Å²) in [6, 6.07) is 16.6. The van der Waals surface area contributed by atoms with E-state index in [0.29, 0.717) is 10.9 Å². The first-order valence-corrected chi connectivity index (χ1v) is 9.85. The van der Waals surface area contributed by atoms with Crippen molar-refractivity contribution in [3.63, 3.8) is 0 Å². The molecule has 1 heterocycles. The van der Waals surface area contributed by atoms with Crippen LogP contribution in [0.25, 0.3) is 22.1 Å². The van der Waals surface area contributed by atoms with Crippen molar-refractivity contribution in [3.05, 3.63) is 103 Å². The van der Waals surface area contributed by atoms with Gasteiger partial charge in [-0.2, -0.15) is 5.10 Å². The summed E-state index contributed by atoms with van der Waals surface area (Å²) in [5.74, 6) is -0.220. The number of nitro groups is 2. The number of nitrogens with zero attached hydrogens (tertiary/aromatic N) is 3. The number of aromatic hydroxyl groups is 1. The highest BCUT2D eigenvalue weighted by atomic mass is 16.6. The molecule has 0 amide bonds. The van der Waals surface area contributed by atoms with Gasteiger partial charge in [-0.05, 0) is 36.2 Å². The number of hydrogen-bond acceptors (Lipinski definition) is 9. The number of phenols is 1. The number of hydrogen-bond donors (Lipinski definition) is 2. The van der Waals surface area contributed by atoms with E-state index in [1.54, 1.807) is 6.07 Å². The lowest BCUT2D eigenvalue weighted by Crippen LogP contribution is -2.06. The van der Waals surface area contributed by atoms with E-state index in [-0.39, 0.29) is 28.3 Å². The van der Waals surface area contributed by atoms with E-state index >= 15 is 0 Å². The van der Waals surface area contributed by atoms with E-state index in [9.17, 15) is 30.1 Å². The molecule has 0 radical (unpaired) electrons. The zero-order chi connectivity index (χ0) is 24.4. The summed E-state index contributed by atoms with van der Waals surface area (Å²) in [7, 11) is 0. The number of phenolic OH excluding ortho intramolecular Hbond substituents is 1. The fourth-order valence-electron chi connectivity index (χ4n) is 3.50. The largest absolute Gasteiger partial charge is 0.507 e. The Morgan fingerprint density at radius 1 is 1.00 bits per heavy atom. The molecule has 0 saturated carbocycles. The Balaban J connectivity index is 1.82. The molecular formula is C23H16N4O7. The normalized spacial score (nSPS) is 11.4. The molecule has 0 spiro atoms. The van der Waals surface area contributed by atoms with Crippen LogP contribution >= 0.6 is 0 Å². The zero-order valence-corrected chi connectivity index (χ0v) is 17.6. The van der Waals surface area contributed by atoms with Gasteiger partial charge in [-0.25, -0.2) is 4.79 Å². The van der Waals surface area contributed by atoms with Gasteiger partial charge in [-0.3, -0.25) is 25.7 Å². The zero-order valence-electron chi connectivity index (χ0n) is 17.6. The number of rotatable bonds is 6. The summed E-state index contributed by atoms with van der Waals surface area (Å²) in [5, 5.41) is 37.4. The van der Waals surface area contributed by atoms with Crippen molar-refractivity contribution in [1.29, 1.82) is 0 Å². The molecule has 0 unspecified atom stereocenters. The van der Waals surface area contributed by atoms with Crippen molar-refractivity contribution in [2.24, 2.45) is 5.10 Å². The lowest BCUT2D eigenvalue weighted by molar-refractivity contribution is -0.393. The molecular weight excluding hydrogens is 444 g/mol. The molecule has 1 aromatic heterocycles. The lowest BCUT2D eigenvalue weighted by atomic mass is 9.98. The minimum atomic E-state index is -0.777.